The summed E-state index contributed by atoms with van der Waals surface area (Å²) in [5, 5.41) is 4.77. The van der Waals surface area contributed by atoms with Crippen LogP contribution in [-0.2, 0) is 6.18 Å². The quantitative estimate of drug-likeness (QED) is 0.303. The second kappa shape index (κ2) is 8.67. The molecule has 0 spiro atoms. The first-order chi connectivity index (χ1) is 14.1. The fraction of sp³-hybridized carbons (Fsp3) is 0.0556. The van der Waals surface area contributed by atoms with E-state index >= 15 is 0 Å². The van der Waals surface area contributed by atoms with E-state index in [4.69, 9.17) is 23.1 Å². The lowest BCUT2D eigenvalue weighted by molar-refractivity contribution is -0.141. The first-order valence-corrected chi connectivity index (χ1v) is 9.41. The minimum atomic E-state index is -4.68. The van der Waals surface area contributed by atoms with Crippen LogP contribution in [0.2, 0.25) is 5.15 Å². The van der Waals surface area contributed by atoms with Crippen molar-refractivity contribution < 1.29 is 17.6 Å². The molecule has 0 unspecified atom stereocenters. The van der Waals surface area contributed by atoms with Gasteiger partial charge in [0.05, 0.1) is 5.70 Å². The Bertz CT molecular complexity index is 1130. The molecule has 0 fully saturated rings. The highest BCUT2D eigenvalue weighted by atomic mass is 35.5. The molecular weight excluding hydrogens is 444 g/mol. The fourth-order valence-electron chi connectivity index (χ4n) is 2.38. The number of thiazole rings is 1. The van der Waals surface area contributed by atoms with Crippen molar-refractivity contribution in [2.75, 3.05) is 5.32 Å². The van der Waals surface area contributed by atoms with Crippen molar-refractivity contribution in [3.05, 3.63) is 75.8 Å². The number of nitrogens with one attached hydrogen (secondary N) is 1. The van der Waals surface area contributed by atoms with Gasteiger partial charge in [-0.1, -0.05) is 23.7 Å². The van der Waals surface area contributed by atoms with Crippen molar-refractivity contribution in [1.29, 1.82) is 0 Å². The molecule has 0 saturated heterocycles. The third-order valence-corrected chi connectivity index (χ3v) is 4.77. The summed E-state index contributed by atoms with van der Waals surface area (Å²) < 4.78 is 53.5. The summed E-state index contributed by atoms with van der Waals surface area (Å²) in [4.78, 5) is 11.3. The SMILES string of the molecule is N/C(=C(\N=C(/N)Nc1nc(Cl)cs1)c1ccccc1F)c1ccnc(C(F)(F)F)c1. The first-order valence-electron chi connectivity index (χ1n) is 8.15. The van der Waals surface area contributed by atoms with Crippen LogP contribution in [-0.4, -0.2) is 15.9 Å². The van der Waals surface area contributed by atoms with Gasteiger partial charge < -0.3 is 16.8 Å². The molecule has 3 rings (SSSR count). The molecule has 1 aromatic carbocycles. The van der Waals surface area contributed by atoms with Gasteiger partial charge in [0.25, 0.3) is 0 Å². The van der Waals surface area contributed by atoms with Crippen molar-refractivity contribution in [1.82, 2.24) is 9.97 Å². The zero-order valence-electron chi connectivity index (χ0n) is 14.9. The van der Waals surface area contributed by atoms with Crippen molar-refractivity contribution in [2.45, 2.75) is 6.18 Å². The summed E-state index contributed by atoms with van der Waals surface area (Å²) in [6.07, 6.45) is -3.73. The summed E-state index contributed by atoms with van der Waals surface area (Å²) in [6, 6.07) is 7.51. The molecule has 0 aliphatic heterocycles. The van der Waals surface area contributed by atoms with E-state index in [1.54, 1.807) is 5.38 Å². The number of alkyl halides is 3. The van der Waals surface area contributed by atoms with Gasteiger partial charge >= 0.3 is 6.18 Å². The summed E-state index contributed by atoms with van der Waals surface area (Å²) >= 11 is 6.89. The van der Waals surface area contributed by atoms with E-state index in [0.717, 1.165) is 29.7 Å². The molecule has 3 aromatic rings. The summed E-state index contributed by atoms with van der Waals surface area (Å²) in [6.45, 7) is 0. The van der Waals surface area contributed by atoms with E-state index in [1.165, 1.54) is 24.3 Å². The van der Waals surface area contributed by atoms with Gasteiger partial charge in [-0.3, -0.25) is 4.98 Å². The first kappa shape index (κ1) is 21.5. The number of anilines is 1. The van der Waals surface area contributed by atoms with Crippen LogP contribution in [0.3, 0.4) is 0 Å². The standard InChI is InChI=1S/C18H13ClF4N6S/c19-13-8-30-17(27-13)29-16(25)28-15(10-3-1-2-4-11(10)20)14(24)9-5-6-26-12(7-9)18(21,22)23/h1-8H,24H2,(H3,25,27,28,29)/b15-14-. The van der Waals surface area contributed by atoms with Crippen LogP contribution in [0.1, 0.15) is 16.8 Å². The van der Waals surface area contributed by atoms with Gasteiger partial charge in [-0.05, 0) is 24.3 Å². The van der Waals surface area contributed by atoms with Gasteiger partial charge in [-0.15, -0.1) is 11.3 Å². The van der Waals surface area contributed by atoms with Gasteiger partial charge in [0.15, 0.2) is 11.1 Å². The summed E-state index contributed by atoms with van der Waals surface area (Å²) in [5.74, 6) is -0.901. The third kappa shape index (κ3) is 5.05. The number of nitrogens with two attached hydrogens (primary N) is 2. The molecule has 2 aromatic heterocycles. The van der Waals surface area contributed by atoms with Crippen LogP contribution >= 0.6 is 22.9 Å². The maximum atomic E-state index is 14.4. The zero-order valence-corrected chi connectivity index (χ0v) is 16.5. The highest BCUT2D eigenvalue weighted by Gasteiger charge is 2.32. The normalized spacial score (nSPS) is 13.2. The molecule has 12 heteroatoms. The predicted molar refractivity (Wildman–Crippen MR) is 109 cm³/mol. The van der Waals surface area contributed by atoms with Crippen LogP contribution in [0.4, 0.5) is 22.7 Å². The Balaban J connectivity index is 2.12. The average molecular weight is 457 g/mol. The minimum Gasteiger partial charge on any atom is -0.396 e. The molecule has 0 amide bonds. The molecule has 0 bridgehead atoms. The van der Waals surface area contributed by atoms with E-state index in [-0.39, 0.29) is 33.6 Å². The lowest BCUT2D eigenvalue weighted by Gasteiger charge is -2.12. The van der Waals surface area contributed by atoms with Gasteiger partial charge in [-0.2, -0.15) is 13.2 Å². The molecule has 0 saturated carbocycles. The number of hydrogen-bond acceptors (Lipinski definition) is 5. The van der Waals surface area contributed by atoms with Crippen molar-refractivity contribution in [3.8, 4) is 0 Å². The van der Waals surface area contributed by atoms with E-state index < -0.39 is 17.7 Å². The maximum absolute atomic E-state index is 14.4. The zero-order chi connectivity index (χ0) is 21.9. The van der Waals surface area contributed by atoms with E-state index in [9.17, 15) is 17.6 Å². The molecule has 2 heterocycles. The van der Waals surface area contributed by atoms with Crippen LogP contribution < -0.4 is 16.8 Å². The number of benzene rings is 1. The van der Waals surface area contributed by atoms with Crippen molar-refractivity contribution in [2.24, 2.45) is 16.5 Å². The van der Waals surface area contributed by atoms with Crippen LogP contribution in [0, 0.1) is 5.82 Å². The van der Waals surface area contributed by atoms with Crippen LogP contribution in [0.25, 0.3) is 11.4 Å². The summed E-state index contributed by atoms with van der Waals surface area (Å²) in [7, 11) is 0. The van der Waals surface area contributed by atoms with Crippen molar-refractivity contribution in [3.63, 3.8) is 0 Å². The second-order valence-electron chi connectivity index (χ2n) is 5.77. The number of halogens is 5. The number of aromatic nitrogens is 2. The van der Waals surface area contributed by atoms with Gasteiger partial charge in [0, 0.05) is 22.7 Å². The third-order valence-electron chi connectivity index (χ3n) is 3.69. The Kier molecular flexibility index (Phi) is 6.22. The van der Waals surface area contributed by atoms with Crippen molar-refractivity contribution >= 4 is 45.4 Å². The molecule has 0 aliphatic rings. The predicted octanol–water partition coefficient (Wildman–Crippen LogP) is 4.56. The number of rotatable bonds is 4. The number of aliphatic imine (C=N–C) groups is 1. The molecule has 0 atom stereocenters. The number of hydrogen-bond donors (Lipinski definition) is 3. The van der Waals surface area contributed by atoms with Gasteiger partial charge in [0.1, 0.15) is 22.4 Å². The Morgan fingerprint density at radius 3 is 2.53 bits per heavy atom. The van der Waals surface area contributed by atoms with Gasteiger partial charge in [-0.25, -0.2) is 14.4 Å². The Hall–Kier alpha value is -3.18. The lowest BCUT2D eigenvalue weighted by Crippen LogP contribution is -2.23. The highest BCUT2D eigenvalue weighted by Crippen LogP contribution is 2.31. The van der Waals surface area contributed by atoms with E-state index in [1.807, 2.05) is 0 Å². The molecule has 5 N–H and O–H groups in total. The van der Waals surface area contributed by atoms with E-state index in [0.29, 0.717) is 5.13 Å². The number of pyridine rings is 1. The topological polar surface area (TPSA) is 102 Å². The largest absolute Gasteiger partial charge is 0.433 e. The molecule has 0 radical (unpaired) electrons. The molecular formula is C18H13ClF4N6S. The minimum absolute atomic E-state index is 0.0515. The van der Waals surface area contributed by atoms with Gasteiger partial charge in [0.2, 0.25) is 0 Å². The van der Waals surface area contributed by atoms with Crippen LogP contribution in [0.15, 0.2) is 53.0 Å². The van der Waals surface area contributed by atoms with E-state index in [2.05, 4.69) is 20.3 Å². The van der Waals surface area contributed by atoms with Crippen LogP contribution in [0.5, 0.6) is 0 Å². The molecule has 156 valence electrons. The molecule has 0 aliphatic carbocycles. The Labute approximate surface area is 176 Å². The summed E-state index contributed by atoms with van der Waals surface area (Å²) in [5.41, 5.74) is 10.3. The Morgan fingerprint density at radius 2 is 1.90 bits per heavy atom. The lowest BCUT2D eigenvalue weighted by atomic mass is 10.1. The maximum Gasteiger partial charge on any atom is 0.433 e. The monoisotopic (exact) mass is 456 g/mol. The average Bonchev–Trinajstić information content (AvgIpc) is 3.10. The number of guanidine groups is 1. The Morgan fingerprint density at radius 1 is 1.17 bits per heavy atom. The smallest absolute Gasteiger partial charge is 0.396 e. The molecule has 6 nitrogen and oxygen atoms in total. The molecule has 30 heavy (non-hydrogen) atoms. The number of nitrogens with zero attached hydrogens (tertiary/aromatic N) is 3. The fourth-order valence-corrected chi connectivity index (χ4v) is 3.22. The highest BCUT2D eigenvalue weighted by molar-refractivity contribution is 7.14. The second-order valence-corrected chi connectivity index (χ2v) is 7.01.